The van der Waals surface area contributed by atoms with Gasteiger partial charge in [-0.05, 0) is 44.7 Å². The Bertz CT molecular complexity index is 324. The molecule has 3 nitrogen and oxygen atoms in total. The summed E-state index contributed by atoms with van der Waals surface area (Å²) in [4.78, 5) is 5.50. The van der Waals surface area contributed by atoms with Crippen LogP contribution in [0.3, 0.4) is 0 Å². The summed E-state index contributed by atoms with van der Waals surface area (Å²) >= 11 is 0. The van der Waals surface area contributed by atoms with Crippen molar-refractivity contribution < 1.29 is 0 Å². The lowest BCUT2D eigenvalue weighted by Crippen LogP contribution is -2.65. The zero-order valence-electron chi connectivity index (χ0n) is 14.2. The Hall–Kier alpha value is -0.120. The Morgan fingerprint density at radius 3 is 2.62 bits per heavy atom. The van der Waals surface area contributed by atoms with E-state index >= 15 is 0 Å². The number of piperazine rings is 1. The summed E-state index contributed by atoms with van der Waals surface area (Å²) in [5, 5.41) is 3.96. The first-order valence-electron chi connectivity index (χ1n) is 9.46. The molecule has 2 saturated heterocycles. The number of rotatable bonds is 4. The van der Waals surface area contributed by atoms with Gasteiger partial charge >= 0.3 is 0 Å². The molecule has 0 bridgehead atoms. The van der Waals surface area contributed by atoms with Crippen LogP contribution in [0.4, 0.5) is 0 Å². The van der Waals surface area contributed by atoms with Crippen molar-refractivity contribution in [1.82, 2.24) is 15.1 Å². The molecule has 3 rings (SSSR count). The number of nitrogens with zero attached hydrogens (tertiary/aromatic N) is 2. The average Bonchev–Trinajstić information content (AvgIpc) is 2.96. The van der Waals surface area contributed by atoms with Gasteiger partial charge in [0.05, 0.1) is 0 Å². The van der Waals surface area contributed by atoms with Crippen molar-refractivity contribution in [2.45, 2.75) is 70.4 Å². The lowest BCUT2D eigenvalue weighted by molar-refractivity contribution is 0.0435. The fourth-order valence-corrected chi connectivity index (χ4v) is 4.90. The van der Waals surface area contributed by atoms with Crippen molar-refractivity contribution in [2.24, 2.45) is 5.92 Å². The van der Waals surface area contributed by atoms with Crippen molar-refractivity contribution in [3.05, 3.63) is 0 Å². The molecule has 1 N–H and O–H groups in total. The number of hydrogen-bond acceptors (Lipinski definition) is 3. The van der Waals surface area contributed by atoms with E-state index in [1.54, 1.807) is 0 Å². The molecule has 2 aliphatic heterocycles. The van der Waals surface area contributed by atoms with Crippen molar-refractivity contribution in [2.75, 3.05) is 39.3 Å². The molecule has 0 aromatic carbocycles. The van der Waals surface area contributed by atoms with Gasteiger partial charge in [0.2, 0.25) is 0 Å². The summed E-state index contributed by atoms with van der Waals surface area (Å²) in [5.41, 5.74) is 0.465. The molecule has 2 heterocycles. The Morgan fingerprint density at radius 1 is 1.14 bits per heavy atom. The minimum Gasteiger partial charge on any atom is -0.308 e. The van der Waals surface area contributed by atoms with Crippen LogP contribution in [0.15, 0.2) is 0 Å². The highest BCUT2D eigenvalue weighted by atomic mass is 15.3. The number of nitrogens with one attached hydrogen (secondary N) is 1. The molecule has 0 aromatic heterocycles. The highest BCUT2D eigenvalue weighted by molar-refractivity contribution is 5.00. The van der Waals surface area contributed by atoms with Crippen LogP contribution in [0, 0.1) is 5.92 Å². The summed E-state index contributed by atoms with van der Waals surface area (Å²) in [5.74, 6) is 0.915. The molecule has 2 unspecified atom stereocenters. The lowest BCUT2D eigenvalue weighted by Gasteiger charge is -2.50. The third-order valence-electron chi connectivity index (χ3n) is 6.33. The molecular weight excluding hydrogens is 258 g/mol. The topological polar surface area (TPSA) is 18.5 Å². The standard InChI is InChI=1S/C18H35N3/c1-3-17-12-19-18(9-6-5-7-10-18)15-21(17)14-16-8-11-20(4-2)13-16/h16-17,19H,3-15H2,1-2H3. The first-order valence-corrected chi connectivity index (χ1v) is 9.46. The van der Waals surface area contributed by atoms with Gasteiger partial charge in [-0.3, -0.25) is 4.90 Å². The molecule has 3 fully saturated rings. The monoisotopic (exact) mass is 293 g/mol. The molecule has 1 aliphatic carbocycles. The largest absolute Gasteiger partial charge is 0.308 e. The third-order valence-corrected chi connectivity index (χ3v) is 6.33. The highest BCUT2D eigenvalue weighted by Crippen LogP contribution is 2.33. The lowest BCUT2D eigenvalue weighted by atomic mass is 9.79. The maximum atomic E-state index is 3.96. The van der Waals surface area contributed by atoms with Crippen LogP contribution in [-0.4, -0.2) is 60.6 Å². The predicted molar refractivity (Wildman–Crippen MR) is 89.7 cm³/mol. The van der Waals surface area contributed by atoms with Gasteiger partial charge in [0, 0.05) is 37.8 Å². The fourth-order valence-electron chi connectivity index (χ4n) is 4.90. The number of likely N-dealkylation sites (tertiary alicyclic amines) is 1. The predicted octanol–water partition coefficient (Wildman–Crippen LogP) is 2.71. The number of hydrogen-bond donors (Lipinski definition) is 1. The van der Waals surface area contributed by atoms with Crippen molar-refractivity contribution >= 4 is 0 Å². The van der Waals surface area contributed by atoms with Crippen molar-refractivity contribution in [3.8, 4) is 0 Å². The second-order valence-electron chi connectivity index (χ2n) is 7.76. The van der Waals surface area contributed by atoms with Gasteiger partial charge < -0.3 is 10.2 Å². The van der Waals surface area contributed by atoms with Gasteiger partial charge in [0.25, 0.3) is 0 Å². The summed E-state index contributed by atoms with van der Waals surface area (Å²) in [6, 6.07) is 0.772. The SMILES string of the molecule is CCC1CNC2(CCCCC2)CN1CC1CCN(CC)C1. The van der Waals surface area contributed by atoms with E-state index in [9.17, 15) is 0 Å². The van der Waals surface area contributed by atoms with Crippen LogP contribution in [0.2, 0.25) is 0 Å². The van der Waals surface area contributed by atoms with Crippen molar-refractivity contribution in [3.63, 3.8) is 0 Å². The molecule has 3 heteroatoms. The summed E-state index contributed by atoms with van der Waals surface area (Å²) in [6.07, 6.45) is 9.86. The van der Waals surface area contributed by atoms with E-state index in [1.807, 2.05) is 0 Å². The van der Waals surface area contributed by atoms with E-state index in [0.29, 0.717) is 5.54 Å². The van der Waals surface area contributed by atoms with Crippen LogP contribution in [-0.2, 0) is 0 Å². The minimum absolute atomic E-state index is 0.465. The maximum Gasteiger partial charge on any atom is 0.0309 e. The van der Waals surface area contributed by atoms with E-state index < -0.39 is 0 Å². The van der Waals surface area contributed by atoms with Gasteiger partial charge in [-0.2, -0.15) is 0 Å². The molecule has 3 aliphatic rings. The Balaban J connectivity index is 1.60. The second-order valence-corrected chi connectivity index (χ2v) is 7.76. The second kappa shape index (κ2) is 6.97. The van der Waals surface area contributed by atoms with Crippen LogP contribution >= 0.6 is 0 Å². The van der Waals surface area contributed by atoms with Gasteiger partial charge in [0.1, 0.15) is 0 Å². The molecule has 122 valence electrons. The Labute approximate surface area is 131 Å². The van der Waals surface area contributed by atoms with E-state index in [1.165, 1.54) is 84.2 Å². The molecule has 1 saturated carbocycles. The first kappa shape index (κ1) is 15.8. The molecule has 1 spiro atoms. The average molecular weight is 293 g/mol. The highest BCUT2D eigenvalue weighted by Gasteiger charge is 2.40. The van der Waals surface area contributed by atoms with E-state index in [0.717, 1.165) is 12.0 Å². The normalized spacial score (nSPS) is 34.6. The van der Waals surface area contributed by atoms with Gasteiger partial charge in [0.15, 0.2) is 0 Å². The van der Waals surface area contributed by atoms with Gasteiger partial charge in [-0.15, -0.1) is 0 Å². The quantitative estimate of drug-likeness (QED) is 0.860. The van der Waals surface area contributed by atoms with Crippen LogP contribution in [0.5, 0.6) is 0 Å². The van der Waals surface area contributed by atoms with E-state index in [2.05, 4.69) is 29.0 Å². The van der Waals surface area contributed by atoms with Crippen LogP contribution in [0.25, 0.3) is 0 Å². The Kier molecular flexibility index (Phi) is 5.23. The van der Waals surface area contributed by atoms with Gasteiger partial charge in [-0.1, -0.05) is 33.1 Å². The van der Waals surface area contributed by atoms with Gasteiger partial charge in [-0.25, -0.2) is 0 Å². The molecule has 0 radical (unpaired) electrons. The first-order chi connectivity index (χ1) is 10.2. The smallest absolute Gasteiger partial charge is 0.0309 e. The minimum atomic E-state index is 0.465. The fraction of sp³-hybridized carbons (Fsp3) is 1.00. The van der Waals surface area contributed by atoms with E-state index in [4.69, 9.17) is 0 Å². The zero-order valence-corrected chi connectivity index (χ0v) is 14.2. The molecule has 0 aromatic rings. The summed E-state index contributed by atoms with van der Waals surface area (Å²) < 4.78 is 0. The van der Waals surface area contributed by atoms with E-state index in [-0.39, 0.29) is 0 Å². The maximum absolute atomic E-state index is 3.96. The molecule has 0 amide bonds. The van der Waals surface area contributed by atoms with Crippen molar-refractivity contribution in [1.29, 1.82) is 0 Å². The summed E-state index contributed by atoms with van der Waals surface area (Å²) in [7, 11) is 0. The molecule has 2 atom stereocenters. The summed E-state index contributed by atoms with van der Waals surface area (Å²) in [6.45, 7) is 12.5. The third kappa shape index (κ3) is 3.62. The molecule has 21 heavy (non-hydrogen) atoms. The molecular formula is C18H35N3. The van der Waals surface area contributed by atoms with Crippen LogP contribution < -0.4 is 5.32 Å². The Morgan fingerprint density at radius 2 is 1.95 bits per heavy atom. The zero-order chi connectivity index (χ0) is 14.7. The van der Waals surface area contributed by atoms with Crippen LogP contribution in [0.1, 0.15) is 58.8 Å².